The fraction of sp³-hybridized carbons (Fsp3) is 0.300. The van der Waals surface area contributed by atoms with Crippen molar-refractivity contribution in [2.24, 2.45) is 0 Å². The lowest BCUT2D eigenvalue weighted by atomic mass is 10.1. The maximum absolute atomic E-state index is 6.13. The molecule has 1 aromatic carbocycles. The standard InChI is InChI=1S/C20H21ClN2S2/c21-17-3-4-19-18(12-17)16(13-22-19)14-24-11-9-23-7-5-15(6-8-23)20-2-1-10-25-20/h1-5,10,12-13,22H,6-9,11,14H2. The van der Waals surface area contributed by atoms with E-state index in [0.29, 0.717) is 0 Å². The Hall–Kier alpha value is -1.20. The van der Waals surface area contributed by atoms with Crippen LogP contribution in [0, 0.1) is 0 Å². The third kappa shape index (κ3) is 4.14. The van der Waals surface area contributed by atoms with Gasteiger partial charge in [0.15, 0.2) is 0 Å². The minimum absolute atomic E-state index is 0.806. The third-order valence-corrected chi connectivity index (χ3v) is 6.84. The SMILES string of the molecule is Clc1ccc2[nH]cc(CSCCN3CC=C(c4cccs4)CC3)c2c1. The molecule has 4 rings (SSSR count). The second-order valence-electron chi connectivity index (χ2n) is 6.31. The molecule has 0 fully saturated rings. The van der Waals surface area contributed by atoms with E-state index in [1.165, 1.54) is 39.9 Å². The van der Waals surface area contributed by atoms with Crippen molar-refractivity contribution in [1.29, 1.82) is 0 Å². The van der Waals surface area contributed by atoms with E-state index >= 15 is 0 Å². The van der Waals surface area contributed by atoms with Crippen LogP contribution in [0.1, 0.15) is 16.9 Å². The molecule has 1 aliphatic rings. The van der Waals surface area contributed by atoms with Gasteiger partial charge in [0.05, 0.1) is 0 Å². The highest BCUT2D eigenvalue weighted by Gasteiger charge is 2.13. The molecule has 0 unspecified atom stereocenters. The lowest BCUT2D eigenvalue weighted by Gasteiger charge is -2.25. The van der Waals surface area contributed by atoms with Gasteiger partial charge in [-0.15, -0.1) is 11.3 Å². The van der Waals surface area contributed by atoms with Gasteiger partial charge in [-0.1, -0.05) is 23.7 Å². The van der Waals surface area contributed by atoms with E-state index in [1.807, 2.05) is 29.2 Å². The van der Waals surface area contributed by atoms with E-state index in [4.69, 9.17) is 11.6 Å². The number of halogens is 1. The number of aromatic nitrogens is 1. The summed E-state index contributed by atoms with van der Waals surface area (Å²) >= 11 is 9.98. The molecule has 5 heteroatoms. The van der Waals surface area contributed by atoms with Crippen molar-refractivity contribution in [2.75, 3.05) is 25.4 Å². The first-order chi connectivity index (χ1) is 12.3. The molecule has 130 valence electrons. The zero-order valence-corrected chi connectivity index (χ0v) is 16.4. The number of nitrogens with zero attached hydrogens (tertiary/aromatic N) is 1. The zero-order chi connectivity index (χ0) is 17.1. The number of nitrogens with one attached hydrogen (secondary N) is 1. The predicted octanol–water partition coefficient (Wildman–Crippen LogP) is 5.91. The van der Waals surface area contributed by atoms with Gasteiger partial charge in [0, 0.05) is 58.1 Å². The number of thioether (sulfide) groups is 1. The smallest absolute Gasteiger partial charge is 0.0458 e. The molecule has 2 aromatic heterocycles. The van der Waals surface area contributed by atoms with Crippen LogP contribution in [0.5, 0.6) is 0 Å². The number of hydrogen-bond acceptors (Lipinski definition) is 3. The molecule has 0 saturated heterocycles. The molecular formula is C20H21ClN2S2. The Labute approximate surface area is 161 Å². The Morgan fingerprint density at radius 1 is 1.28 bits per heavy atom. The lowest BCUT2D eigenvalue weighted by Crippen LogP contribution is -2.30. The summed E-state index contributed by atoms with van der Waals surface area (Å²) in [5.74, 6) is 2.19. The van der Waals surface area contributed by atoms with Gasteiger partial charge in [-0.3, -0.25) is 4.90 Å². The fourth-order valence-electron chi connectivity index (χ4n) is 3.25. The van der Waals surface area contributed by atoms with E-state index in [1.54, 1.807) is 0 Å². The van der Waals surface area contributed by atoms with E-state index in [2.05, 4.69) is 51.8 Å². The Kier molecular flexibility index (Phi) is 5.51. The number of benzene rings is 1. The van der Waals surface area contributed by atoms with Crippen molar-refractivity contribution >= 4 is 51.2 Å². The Morgan fingerprint density at radius 3 is 3.04 bits per heavy atom. The average Bonchev–Trinajstić information content (AvgIpc) is 3.29. The molecule has 0 spiro atoms. The van der Waals surface area contributed by atoms with Gasteiger partial charge >= 0.3 is 0 Å². The van der Waals surface area contributed by atoms with Gasteiger partial charge in [-0.25, -0.2) is 0 Å². The molecule has 0 atom stereocenters. The number of thiophene rings is 1. The first-order valence-electron chi connectivity index (χ1n) is 8.58. The summed E-state index contributed by atoms with van der Waals surface area (Å²) in [5.41, 5.74) is 4.04. The van der Waals surface area contributed by atoms with Crippen molar-refractivity contribution in [3.8, 4) is 0 Å². The van der Waals surface area contributed by atoms with Gasteiger partial charge in [0.1, 0.15) is 0 Å². The van der Waals surface area contributed by atoms with E-state index in [-0.39, 0.29) is 0 Å². The summed E-state index contributed by atoms with van der Waals surface area (Å²) in [6.07, 6.45) is 5.69. The van der Waals surface area contributed by atoms with Crippen molar-refractivity contribution in [3.05, 3.63) is 63.4 Å². The fourth-order valence-corrected chi connectivity index (χ4v) is 5.21. The van der Waals surface area contributed by atoms with Crippen LogP contribution in [0.15, 0.2) is 48.0 Å². The maximum atomic E-state index is 6.13. The molecule has 25 heavy (non-hydrogen) atoms. The molecular weight excluding hydrogens is 368 g/mol. The van der Waals surface area contributed by atoms with Crippen molar-refractivity contribution < 1.29 is 0 Å². The number of hydrogen-bond donors (Lipinski definition) is 1. The van der Waals surface area contributed by atoms with Crippen molar-refractivity contribution in [1.82, 2.24) is 9.88 Å². The highest BCUT2D eigenvalue weighted by molar-refractivity contribution is 7.98. The van der Waals surface area contributed by atoms with Gasteiger partial charge in [0.2, 0.25) is 0 Å². The molecule has 2 nitrogen and oxygen atoms in total. The van der Waals surface area contributed by atoms with Crippen LogP contribution in [0.3, 0.4) is 0 Å². The van der Waals surface area contributed by atoms with Gasteiger partial charge in [0.25, 0.3) is 0 Å². The van der Waals surface area contributed by atoms with E-state index in [9.17, 15) is 0 Å². The summed E-state index contributed by atoms with van der Waals surface area (Å²) in [6, 6.07) is 10.4. The second-order valence-corrected chi connectivity index (χ2v) is 8.80. The predicted molar refractivity (Wildman–Crippen MR) is 113 cm³/mol. The van der Waals surface area contributed by atoms with Crippen LogP contribution in [0.4, 0.5) is 0 Å². The van der Waals surface area contributed by atoms with Crippen molar-refractivity contribution in [3.63, 3.8) is 0 Å². The topological polar surface area (TPSA) is 19.0 Å². The molecule has 3 heterocycles. The van der Waals surface area contributed by atoms with E-state index in [0.717, 1.165) is 29.6 Å². The summed E-state index contributed by atoms with van der Waals surface area (Å²) in [4.78, 5) is 7.32. The van der Waals surface area contributed by atoms with Crippen molar-refractivity contribution in [2.45, 2.75) is 12.2 Å². The van der Waals surface area contributed by atoms with Crippen LogP contribution in [0.2, 0.25) is 5.02 Å². The summed E-state index contributed by atoms with van der Waals surface area (Å²) < 4.78 is 0. The van der Waals surface area contributed by atoms with Crippen LogP contribution < -0.4 is 0 Å². The number of rotatable bonds is 6. The Morgan fingerprint density at radius 2 is 2.24 bits per heavy atom. The molecule has 3 aromatic rings. The largest absolute Gasteiger partial charge is 0.361 e. The summed E-state index contributed by atoms with van der Waals surface area (Å²) in [7, 11) is 0. The second kappa shape index (κ2) is 8.00. The van der Waals surface area contributed by atoms with Crippen LogP contribution >= 0.6 is 34.7 Å². The monoisotopic (exact) mass is 388 g/mol. The maximum Gasteiger partial charge on any atom is 0.0458 e. The third-order valence-electron chi connectivity index (χ3n) is 4.67. The van der Waals surface area contributed by atoms with Crippen LogP contribution in [0.25, 0.3) is 16.5 Å². The molecule has 0 saturated carbocycles. The normalized spacial score (nSPS) is 15.6. The Bertz CT molecular complexity index is 867. The first-order valence-corrected chi connectivity index (χ1v) is 11.0. The minimum Gasteiger partial charge on any atom is -0.361 e. The summed E-state index contributed by atoms with van der Waals surface area (Å²) in [6.45, 7) is 3.41. The molecule has 0 radical (unpaired) electrons. The van der Waals surface area contributed by atoms with Crippen LogP contribution in [-0.4, -0.2) is 35.3 Å². The minimum atomic E-state index is 0.806. The first kappa shape index (κ1) is 17.2. The lowest BCUT2D eigenvalue weighted by molar-refractivity contribution is 0.321. The van der Waals surface area contributed by atoms with Gasteiger partial charge in [-0.05, 0) is 47.2 Å². The number of H-pyrrole nitrogens is 1. The van der Waals surface area contributed by atoms with Gasteiger partial charge < -0.3 is 4.98 Å². The number of fused-ring (bicyclic) bond motifs is 1. The zero-order valence-electron chi connectivity index (χ0n) is 14.0. The quantitative estimate of drug-likeness (QED) is 0.529. The van der Waals surface area contributed by atoms with Gasteiger partial charge in [-0.2, -0.15) is 11.8 Å². The molecule has 0 amide bonds. The van der Waals surface area contributed by atoms with Crippen LogP contribution in [-0.2, 0) is 5.75 Å². The summed E-state index contributed by atoms with van der Waals surface area (Å²) in [5, 5.41) is 4.22. The highest BCUT2D eigenvalue weighted by atomic mass is 35.5. The number of aromatic amines is 1. The molecule has 1 aliphatic heterocycles. The molecule has 0 aliphatic carbocycles. The molecule has 0 bridgehead atoms. The van der Waals surface area contributed by atoms with E-state index < -0.39 is 0 Å². The highest BCUT2D eigenvalue weighted by Crippen LogP contribution is 2.27. The average molecular weight is 389 g/mol. The Balaban J connectivity index is 1.25. The molecule has 1 N–H and O–H groups in total.